The molecule has 1 aliphatic rings. The van der Waals surface area contributed by atoms with Gasteiger partial charge in [0.1, 0.15) is 6.04 Å². The van der Waals surface area contributed by atoms with Crippen molar-refractivity contribution in [3.8, 4) is 5.69 Å². The van der Waals surface area contributed by atoms with Gasteiger partial charge in [0.15, 0.2) is 5.69 Å². The Kier molecular flexibility index (Phi) is 5.73. The van der Waals surface area contributed by atoms with Crippen molar-refractivity contribution in [2.24, 2.45) is 0 Å². The van der Waals surface area contributed by atoms with E-state index in [2.05, 4.69) is 31.7 Å². The van der Waals surface area contributed by atoms with Crippen molar-refractivity contribution < 1.29 is 9.59 Å². The first-order valence-electron chi connectivity index (χ1n) is 9.91. The number of fused-ring (bicyclic) bond motifs is 1. The van der Waals surface area contributed by atoms with Gasteiger partial charge in [-0.15, -0.1) is 0 Å². The number of para-hydroxylation sites is 1. The van der Waals surface area contributed by atoms with Crippen molar-refractivity contribution in [3.05, 3.63) is 85.7 Å². The fourth-order valence-electron chi connectivity index (χ4n) is 3.62. The summed E-state index contributed by atoms with van der Waals surface area (Å²) in [5.74, 6) is -0.997. The van der Waals surface area contributed by atoms with Gasteiger partial charge in [-0.05, 0) is 66.4 Å². The number of aromatic nitrogens is 2. The molecule has 3 aromatic rings. The maximum Gasteiger partial charge on any atom is 0.276 e. The fraction of sp³-hybridized carbons (Fsp3) is 0.217. The quantitative estimate of drug-likeness (QED) is 0.601. The first-order chi connectivity index (χ1) is 14.8. The molecule has 0 saturated carbocycles. The van der Waals surface area contributed by atoms with Gasteiger partial charge >= 0.3 is 0 Å². The van der Waals surface area contributed by atoms with E-state index in [9.17, 15) is 14.4 Å². The lowest BCUT2D eigenvalue weighted by Crippen LogP contribution is -2.45. The van der Waals surface area contributed by atoms with E-state index in [1.54, 1.807) is 6.92 Å². The SMILES string of the molecule is Cc1ccc2c(c1)CCC(NC(=O)c1nn(-c3ccccc3)c(C)c(Br)c1=O)C(=O)N2. The first kappa shape index (κ1) is 21.0. The molecule has 0 aliphatic carbocycles. The molecule has 0 radical (unpaired) electrons. The second-order valence-electron chi connectivity index (χ2n) is 7.54. The van der Waals surface area contributed by atoms with E-state index in [0.717, 1.165) is 16.8 Å². The molecule has 0 bridgehead atoms. The average Bonchev–Trinajstić information content (AvgIpc) is 2.91. The summed E-state index contributed by atoms with van der Waals surface area (Å²) in [6, 6.07) is 14.3. The molecule has 31 heavy (non-hydrogen) atoms. The predicted molar refractivity (Wildman–Crippen MR) is 122 cm³/mol. The number of hydrogen-bond donors (Lipinski definition) is 2. The number of hydrogen-bond acceptors (Lipinski definition) is 4. The van der Waals surface area contributed by atoms with Crippen molar-refractivity contribution >= 4 is 33.4 Å². The average molecular weight is 481 g/mol. The van der Waals surface area contributed by atoms with Gasteiger partial charge in [0.25, 0.3) is 5.91 Å². The zero-order valence-corrected chi connectivity index (χ0v) is 18.7. The normalized spacial score (nSPS) is 15.6. The zero-order chi connectivity index (χ0) is 22.1. The minimum Gasteiger partial charge on any atom is -0.339 e. The zero-order valence-electron chi connectivity index (χ0n) is 17.1. The minimum absolute atomic E-state index is 0.254. The van der Waals surface area contributed by atoms with Crippen LogP contribution in [-0.4, -0.2) is 27.6 Å². The highest BCUT2D eigenvalue weighted by atomic mass is 79.9. The Morgan fingerprint density at radius 1 is 1.16 bits per heavy atom. The summed E-state index contributed by atoms with van der Waals surface area (Å²) in [6.45, 7) is 3.73. The Morgan fingerprint density at radius 3 is 2.65 bits per heavy atom. The van der Waals surface area contributed by atoms with Crippen LogP contribution in [0.25, 0.3) is 5.69 Å². The van der Waals surface area contributed by atoms with Crippen LogP contribution in [0.15, 0.2) is 57.8 Å². The van der Waals surface area contributed by atoms with Crippen LogP contribution in [0.5, 0.6) is 0 Å². The molecule has 8 heteroatoms. The Labute approximate surface area is 187 Å². The van der Waals surface area contributed by atoms with Gasteiger partial charge in [-0.2, -0.15) is 5.10 Å². The molecule has 4 rings (SSSR count). The Bertz CT molecular complexity index is 1240. The van der Waals surface area contributed by atoms with E-state index in [1.165, 1.54) is 4.68 Å². The van der Waals surface area contributed by atoms with Gasteiger partial charge in [0.2, 0.25) is 11.3 Å². The minimum atomic E-state index is -0.772. The van der Waals surface area contributed by atoms with E-state index in [4.69, 9.17) is 0 Å². The molecule has 2 heterocycles. The highest BCUT2D eigenvalue weighted by molar-refractivity contribution is 9.10. The summed E-state index contributed by atoms with van der Waals surface area (Å²) in [6.07, 6.45) is 1.05. The summed E-state index contributed by atoms with van der Waals surface area (Å²) in [5.41, 5.74) is 3.37. The van der Waals surface area contributed by atoms with E-state index in [-0.39, 0.29) is 16.1 Å². The number of nitrogens with one attached hydrogen (secondary N) is 2. The van der Waals surface area contributed by atoms with Crippen LogP contribution in [0, 0.1) is 13.8 Å². The second-order valence-corrected chi connectivity index (χ2v) is 8.33. The summed E-state index contributed by atoms with van der Waals surface area (Å²) >= 11 is 3.29. The highest BCUT2D eigenvalue weighted by Gasteiger charge is 2.28. The first-order valence-corrected chi connectivity index (χ1v) is 10.7. The summed E-state index contributed by atoms with van der Waals surface area (Å²) in [7, 11) is 0. The van der Waals surface area contributed by atoms with E-state index in [0.29, 0.717) is 24.2 Å². The Hall–Kier alpha value is -3.26. The largest absolute Gasteiger partial charge is 0.339 e. The van der Waals surface area contributed by atoms with Crippen molar-refractivity contribution in [1.82, 2.24) is 15.1 Å². The molecule has 158 valence electrons. The molecule has 1 aliphatic heterocycles. The lowest BCUT2D eigenvalue weighted by atomic mass is 10.0. The molecule has 0 saturated heterocycles. The molecule has 0 spiro atoms. The highest BCUT2D eigenvalue weighted by Crippen LogP contribution is 2.23. The number of amides is 2. The Balaban J connectivity index is 1.62. The third-order valence-electron chi connectivity index (χ3n) is 5.31. The summed E-state index contributed by atoms with van der Waals surface area (Å²) in [4.78, 5) is 38.4. The molecule has 2 aromatic carbocycles. The van der Waals surface area contributed by atoms with Gasteiger partial charge in [0, 0.05) is 5.69 Å². The number of benzene rings is 2. The van der Waals surface area contributed by atoms with Crippen LogP contribution in [0.1, 0.15) is 33.7 Å². The van der Waals surface area contributed by atoms with Crippen molar-refractivity contribution in [3.63, 3.8) is 0 Å². The van der Waals surface area contributed by atoms with Gasteiger partial charge in [-0.3, -0.25) is 14.4 Å². The standard InChI is InChI=1S/C23H21BrN4O3/c1-13-8-10-17-15(12-13)9-11-18(22(30)25-17)26-23(31)20-21(29)19(24)14(2)28(27-20)16-6-4-3-5-7-16/h3-8,10,12,18H,9,11H2,1-2H3,(H,25,30)(H,26,31). The van der Waals surface area contributed by atoms with Crippen LogP contribution < -0.4 is 16.1 Å². The molecular formula is C23H21BrN4O3. The maximum absolute atomic E-state index is 13.0. The molecule has 7 nitrogen and oxygen atoms in total. The second kappa shape index (κ2) is 8.47. The van der Waals surface area contributed by atoms with E-state index < -0.39 is 17.4 Å². The fourth-order valence-corrected chi connectivity index (χ4v) is 3.97. The molecule has 1 aromatic heterocycles. The van der Waals surface area contributed by atoms with Crippen LogP contribution >= 0.6 is 15.9 Å². The Morgan fingerprint density at radius 2 is 1.90 bits per heavy atom. The summed E-state index contributed by atoms with van der Waals surface area (Å²) in [5, 5.41) is 9.85. The number of rotatable bonds is 3. The maximum atomic E-state index is 13.0. The van der Waals surface area contributed by atoms with E-state index in [1.807, 2.05) is 55.5 Å². The van der Waals surface area contributed by atoms with Crippen molar-refractivity contribution in [2.75, 3.05) is 5.32 Å². The monoisotopic (exact) mass is 480 g/mol. The molecule has 2 N–H and O–H groups in total. The smallest absolute Gasteiger partial charge is 0.276 e. The van der Waals surface area contributed by atoms with Crippen LogP contribution in [0.4, 0.5) is 5.69 Å². The number of anilines is 1. The van der Waals surface area contributed by atoms with Crippen LogP contribution in [0.3, 0.4) is 0 Å². The van der Waals surface area contributed by atoms with Crippen LogP contribution in [0.2, 0.25) is 0 Å². The van der Waals surface area contributed by atoms with Crippen molar-refractivity contribution in [1.29, 1.82) is 0 Å². The lowest BCUT2D eigenvalue weighted by Gasteiger charge is -2.16. The van der Waals surface area contributed by atoms with Gasteiger partial charge in [-0.25, -0.2) is 4.68 Å². The van der Waals surface area contributed by atoms with Gasteiger partial charge < -0.3 is 10.6 Å². The number of carbonyl (C=O) groups excluding carboxylic acids is 2. The molecule has 0 fully saturated rings. The third-order valence-corrected chi connectivity index (χ3v) is 6.24. The molecular weight excluding hydrogens is 460 g/mol. The number of nitrogens with zero attached hydrogens (tertiary/aromatic N) is 2. The molecule has 1 atom stereocenters. The number of aryl methyl sites for hydroxylation is 2. The predicted octanol–water partition coefficient (Wildman–Crippen LogP) is 3.30. The summed E-state index contributed by atoms with van der Waals surface area (Å²) < 4.78 is 1.79. The van der Waals surface area contributed by atoms with Crippen molar-refractivity contribution in [2.45, 2.75) is 32.7 Å². The number of carbonyl (C=O) groups is 2. The van der Waals surface area contributed by atoms with Crippen LogP contribution in [-0.2, 0) is 11.2 Å². The van der Waals surface area contributed by atoms with Gasteiger partial charge in [0.05, 0.1) is 15.9 Å². The molecule has 1 unspecified atom stereocenters. The topological polar surface area (TPSA) is 93.1 Å². The number of halogens is 1. The lowest BCUT2D eigenvalue weighted by molar-refractivity contribution is -0.118. The third kappa shape index (κ3) is 4.16. The molecule has 2 amide bonds. The van der Waals surface area contributed by atoms with Gasteiger partial charge in [-0.1, -0.05) is 35.9 Å². The van der Waals surface area contributed by atoms with E-state index >= 15 is 0 Å².